The lowest BCUT2D eigenvalue weighted by Gasteiger charge is -2.41. The third kappa shape index (κ3) is 4.95. The molecule has 3 atom stereocenters. The van der Waals surface area contributed by atoms with Crippen LogP contribution in [0.5, 0.6) is 0 Å². The van der Waals surface area contributed by atoms with Gasteiger partial charge in [0.2, 0.25) is 0 Å². The highest BCUT2D eigenvalue weighted by molar-refractivity contribution is 14.1. The van der Waals surface area contributed by atoms with Crippen LogP contribution in [0.25, 0.3) is 5.57 Å². The molecule has 1 fully saturated rings. The maximum atomic E-state index is 12.5. The number of aliphatic hydroxyl groups is 1. The van der Waals surface area contributed by atoms with Crippen LogP contribution in [0.3, 0.4) is 0 Å². The van der Waals surface area contributed by atoms with E-state index in [1.807, 2.05) is 0 Å². The maximum Gasteiger partial charge on any atom is 0.336 e. The van der Waals surface area contributed by atoms with Gasteiger partial charge in [-0.2, -0.15) is 16.8 Å². The largest absolute Gasteiger partial charge is 0.482 e. The summed E-state index contributed by atoms with van der Waals surface area (Å²) in [7, 11) is -9.81. The van der Waals surface area contributed by atoms with Crippen molar-refractivity contribution in [3.8, 4) is 0 Å². The molecule has 3 unspecified atom stereocenters. The van der Waals surface area contributed by atoms with Gasteiger partial charge in [-0.1, -0.05) is 6.07 Å². The van der Waals surface area contributed by atoms with Crippen molar-refractivity contribution in [3.63, 3.8) is 0 Å². The average Bonchev–Trinajstić information content (AvgIpc) is 2.79. The number of nitrogens with zero attached hydrogens (tertiary/aromatic N) is 1. The Kier molecular flexibility index (Phi) is 7.32. The van der Waals surface area contributed by atoms with Crippen molar-refractivity contribution in [1.29, 1.82) is 0 Å². The Bertz CT molecular complexity index is 1540. The van der Waals surface area contributed by atoms with Crippen molar-refractivity contribution in [3.05, 3.63) is 62.4 Å². The topological polar surface area (TPSA) is 214 Å². The number of nitrogens with two attached hydrogens (primary N) is 1. The van der Waals surface area contributed by atoms with E-state index in [0.29, 0.717) is 11.1 Å². The normalized spacial score (nSPS) is 24.5. The van der Waals surface area contributed by atoms with Gasteiger partial charge in [0, 0.05) is 17.0 Å². The molecule has 1 saturated carbocycles. The van der Waals surface area contributed by atoms with Gasteiger partial charge in [0.05, 0.1) is 34.5 Å². The van der Waals surface area contributed by atoms with Crippen LogP contribution in [0.1, 0.15) is 60.2 Å². The fourth-order valence-corrected chi connectivity index (χ4v) is 7.63. The lowest BCUT2D eigenvalue weighted by molar-refractivity contribution is 0.0696. The van der Waals surface area contributed by atoms with E-state index in [9.17, 15) is 40.9 Å². The summed E-state index contributed by atoms with van der Waals surface area (Å²) in [4.78, 5) is 11.5. The lowest BCUT2D eigenvalue weighted by atomic mass is 9.76. The first-order chi connectivity index (χ1) is 17.2. The first-order valence-electron chi connectivity index (χ1n) is 11.0. The quantitative estimate of drug-likeness (QED) is 0.227. The summed E-state index contributed by atoms with van der Waals surface area (Å²) >= 11 is 1.58. The number of fused-ring (bicyclic) bond motifs is 1. The Hall–Kier alpha value is -2.31. The zero-order valence-corrected chi connectivity index (χ0v) is 23.0. The Labute approximate surface area is 226 Å². The summed E-state index contributed by atoms with van der Waals surface area (Å²) in [5.74, 6) is -1.74. The number of hydrogen-bond acceptors (Lipinski definition) is 9. The van der Waals surface area contributed by atoms with Crippen molar-refractivity contribution in [1.82, 2.24) is 0 Å². The number of aliphatic hydroxyl groups excluding tert-OH is 1. The van der Waals surface area contributed by atoms with E-state index in [0.717, 1.165) is 0 Å². The predicted molar refractivity (Wildman–Crippen MR) is 141 cm³/mol. The van der Waals surface area contributed by atoms with E-state index < -0.39 is 54.3 Å². The first-order valence-corrected chi connectivity index (χ1v) is 14.9. The maximum absolute atomic E-state index is 12.5. The highest BCUT2D eigenvalue weighted by Gasteiger charge is 2.49. The fraction of sp³-hybridized carbons (Fsp3) is 0.364. The van der Waals surface area contributed by atoms with Gasteiger partial charge in [-0.25, -0.2) is 8.00 Å². The van der Waals surface area contributed by atoms with Crippen LogP contribution in [0.15, 0.2) is 48.9 Å². The SMILES string of the molecule is CC(O)c1ccc(C(=O)O)c(C2=C3CCC(=NI)C(S(=O)(=O)O)C3OC3=C2CCC(N)=C3S(=O)(=O)O)c1. The zero-order valence-electron chi connectivity index (χ0n) is 19.2. The lowest BCUT2D eigenvalue weighted by Crippen LogP contribution is -2.48. The minimum absolute atomic E-state index is 0.0144. The molecule has 2 aliphatic carbocycles. The molecule has 3 aliphatic rings. The smallest absolute Gasteiger partial charge is 0.336 e. The number of ether oxygens (including phenoxy) is 1. The molecule has 200 valence electrons. The molecule has 1 aliphatic heterocycles. The molecule has 6 N–H and O–H groups in total. The molecule has 4 rings (SSSR count). The van der Waals surface area contributed by atoms with Crippen LogP contribution >= 0.6 is 22.9 Å². The second-order valence-corrected chi connectivity index (χ2v) is 12.3. The van der Waals surface area contributed by atoms with Gasteiger partial charge in [-0.15, -0.1) is 0 Å². The third-order valence-corrected chi connectivity index (χ3v) is 9.34. The molecular formula is C22H23IN2O10S2. The molecule has 1 heterocycles. The summed E-state index contributed by atoms with van der Waals surface area (Å²) in [5, 5.41) is 18.4. The van der Waals surface area contributed by atoms with Crippen molar-refractivity contribution in [2.45, 2.75) is 50.1 Å². The Morgan fingerprint density at radius 1 is 1.16 bits per heavy atom. The summed E-state index contributed by atoms with van der Waals surface area (Å²) in [6.45, 7) is 1.48. The van der Waals surface area contributed by atoms with Crippen molar-refractivity contribution in [2.75, 3.05) is 0 Å². The number of rotatable bonds is 5. The Morgan fingerprint density at radius 2 is 1.84 bits per heavy atom. The number of hydrogen-bond donors (Lipinski definition) is 5. The van der Waals surface area contributed by atoms with Crippen LogP contribution in [0.2, 0.25) is 0 Å². The second kappa shape index (κ2) is 9.77. The average molecular weight is 666 g/mol. The summed E-state index contributed by atoms with van der Waals surface area (Å²) in [5.41, 5.74) is 6.78. The van der Waals surface area contributed by atoms with Crippen LogP contribution in [0, 0.1) is 0 Å². The van der Waals surface area contributed by atoms with Gasteiger partial charge in [0.1, 0.15) is 11.9 Å². The van der Waals surface area contributed by atoms with Crippen LogP contribution in [0.4, 0.5) is 0 Å². The number of carboxylic acids is 1. The minimum atomic E-state index is -4.96. The summed E-state index contributed by atoms with van der Waals surface area (Å²) in [6, 6.07) is 4.15. The number of halogens is 1. The molecule has 0 spiro atoms. The van der Waals surface area contributed by atoms with Gasteiger partial charge in [0.25, 0.3) is 20.2 Å². The van der Waals surface area contributed by atoms with Crippen molar-refractivity contribution in [2.24, 2.45) is 8.94 Å². The minimum Gasteiger partial charge on any atom is -0.482 e. The standard InChI is InChI=1S/C22H23IN2O10S2/c1-9(26)10-2-3-11(22(27)28)14(8-10)17-12-4-6-15(24)20(36(29,30)31)18(12)35-19-13(17)5-7-16(25-23)21(19)37(32,33)34/h2-3,8-9,19,21,26H,4-7,24H2,1H3,(H,27,28)(H,29,30,31)(H,32,33,34). The molecule has 1 aromatic carbocycles. The van der Waals surface area contributed by atoms with Gasteiger partial charge in [0.15, 0.2) is 10.2 Å². The number of benzene rings is 1. The molecule has 1 aromatic rings. The van der Waals surface area contributed by atoms with E-state index in [1.165, 1.54) is 25.1 Å². The molecule has 15 heteroatoms. The fourth-order valence-electron chi connectivity index (χ4n) is 5.01. The first kappa shape index (κ1) is 27.7. The van der Waals surface area contributed by atoms with Crippen LogP contribution in [-0.2, 0) is 25.0 Å². The van der Waals surface area contributed by atoms with Gasteiger partial charge < -0.3 is 20.7 Å². The summed E-state index contributed by atoms with van der Waals surface area (Å²) < 4.78 is 79.6. The highest BCUT2D eigenvalue weighted by Crippen LogP contribution is 2.50. The van der Waals surface area contributed by atoms with E-state index in [-0.39, 0.29) is 59.4 Å². The number of allylic oxidation sites excluding steroid dienone is 3. The van der Waals surface area contributed by atoms with E-state index in [1.54, 1.807) is 22.9 Å². The zero-order chi connectivity index (χ0) is 27.4. The number of carboxylic acid groups (broad SMARTS) is 1. The Balaban J connectivity index is 2.15. The molecule has 0 amide bonds. The summed E-state index contributed by atoms with van der Waals surface area (Å²) in [6.07, 6.45) is -2.15. The van der Waals surface area contributed by atoms with Gasteiger partial charge in [-0.3, -0.25) is 9.11 Å². The number of aromatic carboxylic acids is 1. The van der Waals surface area contributed by atoms with E-state index >= 15 is 0 Å². The van der Waals surface area contributed by atoms with E-state index in [2.05, 4.69) is 3.21 Å². The van der Waals surface area contributed by atoms with Crippen LogP contribution in [-0.4, -0.2) is 59.2 Å². The highest BCUT2D eigenvalue weighted by atomic mass is 127. The Morgan fingerprint density at radius 3 is 2.38 bits per heavy atom. The molecule has 0 radical (unpaired) electrons. The number of carbonyl (C=O) groups is 1. The molecule has 37 heavy (non-hydrogen) atoms. The monoisotopic (exact) mass is 666 g/mol. The molecule has 0 aromatic heterocycles. The predicted octanol–water partition coefficient (Wildman–Crippen LogP) is 2.54. The van der Waals surface area contributed by atoms with Crippen molar-refractivity contribution >= 4 is 60.4 Å². The van der Waals surface area contributed by atoms with Gasteiger partial charge in [-0.05, 0) is 67.0 Å². The third-order valence-electron chi connectivity index (χ3n) is 6.59. The molecule has 0 saturated heterocycles. The van der Waals surface area contributed by atoms with Crippen molar-refractivity contribution < 1.29 is 45.7 Å². The van der Waals surface area contributed by atoms with Crippen LogP contribution < -0.4 is 5.73 Å². The van der Waals surface area contributed by atoms with E-state index in [4.69, 9.17) is 10.5 Å². The second-order valence-electron chi connectivity index (χ2n) is 8.87. The molecule has 0 bridgehead atoms. The van der Waals surface area contributed by atoms with Gasteiger partial charge >= 0.3 is 5.97 Å². The molecular weight excluding hydrogens is 643 g/mol. The molecule has 12 nitrogen and oxygen atoms in total.